The predicted octanol–water partition coefficient (Wildman–Crippen LogP) is 3.25. The number of alkyl halides is 3. The van der Waals surface area contributed by atoms with Gasteiger partial charge in [0.2, 0.25) is 0 Å². The number of rotatable bonds is 3. The lowest BCUT2D eigenvalue weighted by atomic mass is 10.3. The van der Waals surface area contributed by atoms with E-state index in [1.807, 2.05) is 0 Å². The summed E-state index contributed by atoms with van der Waals surface area (Å²) in [5.41, 5.74) is 4.39. The lowest BCUT2D eigenvalue weighted by Crippen LogP contribution is -2.33. The molecular formula is C13H11F3N4O. The first-order chi connectivity index (χ1) is 9.95. The van der Waals surface area contributed by atoms with Gasteiger partial charge in [0, 0.05) is 11.9 Å². The maximum Gasteiger partial charge on any atom is 0.417 e. The first-order valence-corrected chi connectivity index (χ1v) is 5.86. The summed E-state index contributed by atoms with van der Waals surface area (Å²) < 4.78 is 37.0. The maximum atomic E-state index is 12.3. The van der Waals surface area contributed by atoms with E-state index in [1.165, 1.54) is 0 Å². The molecule has 0 saturated heterocycles. The Kier molecular flexibility index (Phi) is 4.27. The van der Waals surface area contributed by atoms with Gasteiger partial charge in [0.15, 0.2) is 0 Å². The van der Waals surface area contributed by atoms with Crippen molar-refractivity contribution in [2.75, 3.05) is 10.7 Å². The number of benzene rings is 1. The monoisotopic (exact) mass is 296 g/mol. The molecule has 110 valence electrons. The van der Waals surface area contributed by atoms with Gasteiger partial charge in [-0.05, 0) is 24.3 Å². The van der Waals surface area contributed by atoms with Crippen LogP contribution in [0.1, 0.15) is 5.56 Å². The van der Waals surface area contributed by atoms with E-state index in [4.69, 9.17) is 0 Å². The summed E-state index contributed by atoms with van der Waals surface area (Å²) in [6.07, 6.45) is -3.76. The van der Waals surface area contributed by atoms with E-state index in [2.05, 4.69) is 21.2 Å². The van der Waals surface area contributed by atoms with Crippen LogP contribution in [-0.4, -0.2) is 11.0 Å². The van der Waals surface area contributed by atoms with Gasteiger partial charge in [0.25, 0.3) is 0 Å². The lowest BCUT2D eigenvalue weighted by Gasteiger charge is -2.10. The molecular weight excluding hydrogens is 285 g/mol. The Balaban J connectivity index is 1.87. The minimum Gasteiger partial charge on any atom is -0.307 e. The molecule has 2 amide bonds. The summed E-state index contributed by atoms with van der Waals surface area (Å²) >= 11 is 0. The molecule has 1 aromatic heterocycles. The molecule has 2 aromatic rings. The molecule has 0 saturated carbocycles. The molecule has 1 heterocycles. The normalized spacial score (nSPS) is 10.8. The van der Waals surface area contributed by atoms with Crippen molar-refractivity contribution in [1.82, 2.24) is 10.4 Å². The van der Waals surface area contributed by atoms with E-state index in [0.29, 0.717) is 11.9 Å². The molecule has 0 aliphatic heterocycles. The minimum atomic E-state index is -4.44. The third-order valence-corrected chi connectivity index (χ3v) is 2.43. The Morgan fingerprint density at radius 2 is 1.76 bits per heavy atom. The lowest BCUT2D eigenvalue weighted by molar-refractivity contribution is -0.137. The van der Waals surface area contributed by atoms with Crippen LogP contribution in [0.5, 0.6) is 0 Å². The molecule has 0 fully saturated rings. The molecule has 8 heteroatoms. The highest BCUT2D eigenvalue weighted by Crippen LogP contribution is 2.28. The number of hydrogen-bond donors (Lipinski definition) is 3. The van der Waals surface area contributed by atoms with Gasteiger partial charge < -0.3 is 5.32 Å². The van der Waals surface area contributed by atoms with Crippen LogP contribution < -0.4 is 16.2 Å². The van der Waals surface area contributed by atoms with Crippen LogP contribution >= 0.6 is 0 Å². The summed E-state index contributed by atoms with van der Waals surface area (Å²) in [6.45, 7) is 0. The minimum absolute atomic E-state index is 0.0891. The number of hydrogen-bond acceptors (Lipinski definition) is 3. The van der Waals surface area contributed by atoms with Crippen molar-refractivity contribution in [3.05, 3.63) is 54.2 Å². The summed E-state index contributed by atoms with van der Waals surface area (Å²) in [5.74, 6) is 0.0891. The number of halogens is 3. The Bertz CT molecular complexity index is 599. The maximum absolute atomic E-state index is 12.3. The molecule has 2 rings (SSSR count). The summed E-state index contributed by atoms with van der Waals surface area (Å²) in [7, 11) is 0. The number of anilines is 2. The van der Waals surface area contributed by atoms with E-state index in [9.17, 15) is 18.0 Å². The molecule has 21 heavy (non-hydrogen) atoms. The SMILES string of the molecule is O=C(NNc1ccc(C(F)(F)F)cn1)Nc1ccccc1. The second-order valence-electron chi connectivity index (χ2n) is 4.00. The molecule has 1 aromatic carbocycles. The Morgan fingerprint density at radius 1 is 1.05 bits per heavy atom. The van der Waals surface area contributed by atoms with Crippen molar-refractivity contribution in [1.29, 1.82) is 0 Å². The molecule has 0 spiro atoms. The van der Waals surface area contributed by atoms with Crippen molar-refractivity contribution in [2.45, 2.75) is 6.18 Å². The molecule has 3 N–H and O–H groups in total. The van der Waals surface area contributed by atoms with Gasteiger partial charge in [-0.15, -0.1) is 0 Å². The number of para-hydroxylation sites is 1. The van der Waals surface area contributed by atoms with E-state index in [0.717, 1.165) is 12.1 Å². The summed E-state index contributed by atoms with van der Waals surface area (Å²) in [6, 6.07) is 10.1. The largest absolute Gasteiger partial charge is 0.417 e. The highest BCUT2D eigenvalue weighted by Gasteiger charge is 2.30. The van der Waals surface area contributed by atoms with Gasteiger partial charge >= 0.3 is 12.2 Å². The highest BCUT2D eigenvalue weighted by atomic mass is 19.4. The smallest absolute Gasteiger partial charge is 0.307 e. The number of aromatic nitrogens is 1. The topological polar surface area (TPSA) is 66.0 Å². The van der Waals surface area contributed by atoms with Crippen LogP contribution in [0.4, 0.5) is 29.5 Å². The first kappa shape index (κ1) is 14.6. The standard InChI is InChI=1S/C13H11F3N4O/c14-13(15,16)9-6-7-11(17-8-9)19-20-12(21)18-10-4-2-1-3-5-10/h1-8H,(H,17,19)(H2,18,20,21). The Morgan fingerprint density at radius 3 is 2.33 bits per heavy atom. The third kappa shape index (κ3) is 4.37. The van der Waals surface area contributed by atoms with Crippen molar-refractivity contribution in [2.24, 2.45) is 0 Å². The first-order valence-electron chi connectivity index (χ1n) is 5.86. The molecule has 0 unspecified atom stereocenters. The van der Waals surface area contributed by atoms with Crippen molar-refractivity contribution >= 4 is 17.5 Å². The number of nitrogens with zero attached hydrogens (tertiary/aromatic N) is 1. The molecule has 0 radical (unpaired) electrons. The summed E-state index contributed by atoms with van der Waals surface area (Å²) in [5, 5.41) is 2.53. The van der Waals surface area contributed by atoms with Crippen molar-refractivity contribution < 1.29 is 18.0 Å². The number of hydrazine groups is 1. The zero-order valence-corrected chi connectivity index (χ0v) is 10.6. The van der Waals surface area contributed by atoms with Crippen molar-refractivity contribution in [3.8, 4) is 0 Å². The number of pyridine rings is 1. The number of carbonyl (C=O) groups excluding carboxylic acids is 1. The number of urea groups is 1. The van der Waals surface area contributed by atoms with Gasteiger partial charge in [-0.3, -0.25) is 10.9 Å². The predicted molar refractivity (Wildman–Crippen MR) is 71.5 cm³/mol. The van der Waals surface area contributed by atoms with E-state index in [1.54, 1.807) is 30.3 Å². The summed E-state index contributed by atoms with van der Waals surface area (Å²) in [4.78, 5) is 15.1. The molecule has 0 aliphatic rings. The fourth-order valence-corrected chi connectivity index (χ4v) is 1.44. The van der Waals surface area contributed by atoms with Crippen molar-refractivity contribution in [3.63, 3.8) is 0 Å². The average Bonchev–Trinajstić information content (AvgIpc) is 2.46. The van der Waals surface area contributed by atoms with Crippen LogP contribution in [0.2, 0.25) is 0 Å². The van der Waals surface area contributed by atoms with E-state index >= 15 is 0 Å². The van der Waals surface area contributed by atoms with Crippen LogP contribution in [0, 0.1) is 0 Å². The second-order valence-corrected chi connectivity index (χ2v) is 4.00. The zero-order valence-electron chi connectivity index (χ0n) is 10.6. The third-order valence-electron chi connectivity index (χ3n) is 2.43. The van der Waals surface area contributed by atoms with Gasteiger partial charge in [0.05, 0.1) is 5.56 Å². The van der Waals surface area contributed by atoms with Gasteiger partial charge in [-0.2, -0.15) is 13.2 Å². The van der Waals surface area contributed by atoms with Crippen LogP contribution in [-0.2, 0) is 6.18 Å². The van der Waals surface area contributed by atoms with E-state index < -0.39 is 17.8 Å². The molecule has 0 bridgehead atoms. The average molecular weight is 296 g/mol. The number of carbonyl (C=O) groups is 1. The van der Waals surface area contributed by atoms with Crippen LogP contribution in [0.15, 0.2) is 48.7 Å². The number of nitrogens with one attached hydrogen (secondary N) is 3. The molecule has 0 aliphatic carbocycles. The van der Waals surface area contributed by atoms with Gasteiger partial charge in [0.1, 0.15) is 5.82 Å². The Labute approximate surface area is 118 Å². The van der Waals surface area contributed by atoms with Gasteiger partial charge in [-0.25, -0.2) is 9.78 Å². The van der Waals surface area contributed by atoms with Gasteiger partial charge in [-0.1, -0.05) is 18.2 Å². The number of amides is 2. The highest BCUT2D eigenvalue weighted by molar-refractivity contribution is 5.89. The van der Waals surface area contributed by atoms with E-state index in [-0.39, 0.29) is 5.82 Å². The van der Waals surface area contributed by atoms with Crippen LogP contribution in [0.3, 0.4) is 0 Å². The Hall–Kier alpha value is -2.77. The second kappa shape index (κ2) is 6.12. The molecule has 0 atom stereocenters. The van der Waals surface area contributed by atoms with Crippen LogP contribution in [0.25, 0.3) is 0 Å². The quantitative estimate of drug-likeness (QED) is 0.762. The zero-order chi connectivity index (χ0) is 15.3. The molecule has 5 nitrogen and oxygen atoms in total. The fraction of sp³-hybridized carbons (Fsp3) is 0.0769. The fourth-order valence-electron chi connectivity index (χ4n) is 1.44.